The molecule has 0 aliphatic carbocycles. The highest BCUT2D eigenvalue weighted by molar-refractivity contribution is 6.03. The summed E-state index contributed by atoms with van der Waals surface area (Å²) in [5.74, 6) is 1.82. The number of nitrogens with zero attached hydrogens (tertiary/aromatic N) is 2. The number of amidine groups is 1. The summed E-state index contributed by atoms with van der Waals surface area (Å²) in [6.07, 6.45) is 5.83. The van der Waals surface area contributed by atoms with Crippen molar-refractivity contribution < 1.29 is 14.8 Å². The number of rotatable bonds is 1. The minimum Gasteiger partial charge on any atom is -0.507 e. The van der Waals surface area contributed by atoms with Crippen molar-refractivity contribution in [3.8, 4) is 11.5 Å². The quantitative estimate of drug-likeness (QED) is 0.626. The Morgan fingerprint density at radius 2 is 1.70 bits per heavy atom. The Balaban J connectivity index is 1.86. The number of hydrogen-bond acceptors (Lipinski definition) is 3. The van der Waals surface area contributed by atoms with E-state index in [0.29, 0.717) is 10.8 Å². The highest BCUT2D eigenvalue weighted by Gasteiger charge is 2.32. The summed E-state index contributed by atoms with van der Waals surface area (Å²) in [4.78, 5) is 2.22. The molecule has 2 N–H and O–H groups in total. The summed E-state index contributed by atoms with van der Waals surface area (Å²) in [6.45, 7) is 3.11. The first-order valence-corrected chi connectivity index (χ1v) is 8.57. The van der Waals surface area contributed by atoms with E-state index in [2.05, 4.69) is 9.48 Å². The lowest BCUT2D eigenvalue weighted by Gasteiger charge is -2.27. The molecule has 4 nitrogen and oxygen atoms in total. The first-order chi connectivity index (χ1) is 11.3. The molecule has 0 spiro atoms. The van der Waals surface area contributed by atoms with Crippen LogP contribution in [0.5, 0.6) is 11.5 Å². The molecule has 2 aliphatic rings. The fraction of sp³-hybridized carbons (Fsp3) is 0.421. The summed E-state index contributed by atoms with van der Waals surface area (Å²) < 4.78 is 2.46. The molecule has 4 rings (SSSR count). The molecule has 0 atom stereocenters. The minimum absolute atomic E-state index is 0.236. The molecule has 23 heavy (non-hydrogen) atoms. The van der Waals surface area contributed by atoms with Gasteiger partial charge in [-0.1, -0.05) is 24.3 Å². The van der Waals surface area contributed by atoms with Gasteiger partial charge in [0.05, 0.1) is 19.6 Å². The summed E-state index contributed by atoms with van der Waals surface area (Å²) >= 11 is 0. The van der Waals surface area contributed by atoms with E-state index in [1.54, 1.807) is 6.07 Å². The number of phenols is 2. The van der Waals surface area contributed by atoms with Crippen molar-refractivity contribution in [1.29, 1.82) is 0 Å². The van der Waals surface area contributed by atoms with Crippen molar-refractivity contribution in [2.45, 2.75) is 32.1 Å². The average Bonchev–Trinajstić information content (AvgIpc) is 2.83. The normalized spacial score (nSPS) is 18.9. The van der Waals surface area contributed by atoms with E-state index in [0.717, 1.165) is 38.2 Å². The van der Waals surface area contributed by atoms with Crippen LogP contribution in [0.2, 0.25) is 0 Å². The molecule has 4 heteroatoms. The van der Waals surface area contributed by atoms with Crippen LogP contribution in [0.1, 0.15) is 32.1 Å². The van der Waals surface area contributed by atoms with Gasteiger partial charge in [-0.3, -0.25) is 4.58 Å². The van der Waals surface area contributed by atoms with Crippen LogP contribution in [0.4, 0.5) is 5.69 Å². The maximum Gasteiger partial charge on any atom is 0.252 e. The summed E-state index contributed by atoms with van der Waals surface area (Å²) in [5.41, 5.74) is 0.739. The molecule has 2 heterocycles. The van der Waals surface area contributed by atoms with Crippen LogP contribution < -0.4 is 4.90 Å². The zero-order valence-electron chi connectivity index (χ0n) is 13.3. The molecule has 0 bridgehead atoms. The molecule has 0 saturated carbocycles. The second-order valence-corrected chi connectivity index (χ2v) is 6.53. The van der Waals surface area contributed by atoms with Gasteiger partial charge in [0.15, 0.2) is 11.4 Å². The molecule has 0 aromatic heterocycles. The molecule has 2 aliphatic heterocycles. The topological polar surface area (TPSA) is 46.7 Å². The van der Waals surface area contributed by atoms with Crippen molar-refractivity contribution >= 4 is 22.3 Å². The van der Waals surface area contributed by atoms with Gasteiger partial charge in [-0.15, -0.1) is 0 Å². The number of anilines is 1. The van der Waals surface area contributed by atoms with E-state index in [1.807, 2.05) is 24.3 Å². The third-order valence-electron chi connectivity index (χ3n) is 5.08. The second-order valence-electron chi connectivity index (χ2n) is 6.53. The summed E-state index contributed by atoms with van der Waals surface area (Å²) in [5, 5.41) is 22.6. The van der Waals surface area contributed by atoms with Crippen molar-refractivity contribution in [2.24, 2.45) is 0 Å². The molecular formula is C19H23N2O2+. The maximum atomic E-state index is 10.8. The Kier molecular flexibility index (Phi) is 3.60. The molecule has 0 amide bonds. The van der Waals surface area contributed by atoms with Crippen LogP contribution in [-0.4, -0.2) is 40.3 Å². The van der Waals surface area contributed by atoms with Crippen molar-refractivity contribution in [1.82, 2.24) is 0 Å². The number of fused-ring (bicyclic) bond motifs is 1. The number of hydrogen-bond donors (Lipinski definition) is 2. The van der Waals surface area contributed by atoms with Crippen molar-refractivity contribution in [2.75, 3.05) is 24.5 Å². The van der Waals surface area contributed by atoms with Crippen LogP contribution in [0.15, 0.2) is 30.3 Å². The van der Waals surface area contributed by atoms with Gasteiger partial charge >= 0.3 is 0 Å². The summed E-state index contributed by atoms with van der Waals surface area (Å²) in [6, 6.07) is 9.21. The third kappa shape index (κ3) is 2.42. The molecule has 0 unspecified atom stereocenters. The first kappa shape index (κ1) is 14.4. The fourth-order valence-corrected chi connectivity index (χ4v) is 3.94. The zero-order valence-corrected chi connectivity index (χ0v) is 13.3. The predicted molar refractivity (Wildman–Crippen MR) is 92.7 cm³/mol. The van der Waals surface area contributed by atoms with Crippen molar-refractivity contribution in [3.05, 3.63) is 30.3 Å². The Hall–Kier alpha value is -2.23. The standard InChI is InChI=1S/C19H22N2O2/c22-17-13-16(19(23)15-8-4-3-7-14(15)17)21-12-6-11-20-10-5-1-2-9-18(20)21/h3-4,7-8,13H,1-2,5-6,9-12H2,(H-,22,23)/p+1. The van der Waals surface area contributed by atoms with Gasteiger partial charge in [0.25, 0.3) is 5.84 Å². The Morgan fingerprint density at radius 1 is 0.913 bits per heavy atom. The van der Waals surface area contributed by atoms with E-state index in [4.69, 9.17) is 0 Å². The van der Waals surface area contributed by atoms with Gasteiger partial charge in [-0.05, 0) is 19.3 Å². The lowest BCUT2D eigenvalue weighted by Crippen LogP contribution is -2.44. The van der Waals surface area contributed by atoms with Gasteiger partial charge < -0.3 is 10.2 Å². The van der Waals surface area contributed by atoms with Crippen LogP contribution in [-0.2, 0) is 0 Å². The lowest BCUT2D eigenvalue weighted by atomic mass is 10.1. The molecule has 2 aromatic rings. The third-order valence-corrected chi connectivity index (χ3v) is 5.08. The molecule has 0 radical (unpaired) electrons. The molecule has 2 aromatic carbocycles. The van der Waals surface area contributed by atoms with Crippen LogP contribution in [0, 0.1) is 0 Å². The van der Waals surface area contributed by atoms with Gasteiger partial charge in [-0.25, -0.2) is 4.90 Å². The van der Waals surface area contributed by atoms with Crippen molar-refractivity contribution in [3.63, 3.8) is 0 Å². The Labute approximate surface area is 136 Å². The monoisotopic (exact) mass is 311 g/mol. The minimum atomic E-state index is 0.236. The average molecular weight is 311 g/mol. The van der Waals surface area contributed by atoms with Crippen LogP contribution >= 0.6 is 0 Å². The largest absolute Gasteiger partial charge is 0.507 e. The number of aromatic hydroxyl groups is 2. The lowest BCUT2D eigenvalue weighted by molar-refractivity contribution is -0.532. The molecule has 120 valence electrons. The van der Waals surface area contributed by atoms with Gasteiger partial charge in [-0.2, -0.15) is 0 Å². The maximum absolute atomic E-state index is 10.8. The van der Waals surface area contributed by atoms with Gasteiger partial charge in [0.1, 0.15) is 5.75 Å². The van der Waals surface area contributed by atoms with E-state index in [-0.39, 0.29) is 11.5 Å². The Morgan fingerprint density at radius 3 is 2.57 bits per heavy atom. The van der Waals surface area contributed by atoms with E-state index < -0.39 is 0 Å². The molecule has 0 saturated heterocycles. The van der Waals surface area contributed by atoms with E-state index in [9.17, 15) is 10.2 Å². The van der Waals surface area contributed by atoms with E-state index in [1.165, 1.54) is 25.1 Å². The van der Waals surface area contributed by atoms with Gasteiger partial charge in [0, 0.05) is 29.7 Å². The highest BCUT2D eigenvalue weighted by atomic mass is 16.3. The zero-order chi connectivity index (χ0) is 15.8. The smallest absolute Gasteiger partial charge is 0.252 e. The fourth-order valence-electron chi connectivity index (χ4n) is 3.94. The number of benzene rings is 2. The van der Waals surface area contributed by atoms with Crippen LogP contribution in [0.3, 0.4) is 0 Å². The molecular weight excluding hydrogens is 288 g/mol. The second kappa shape index (κ2) is 5.76. The van der Waals surface area contributed by atoms with Crippen LogP contribution in [0.25, 0.3) is 10.8 Å². The summed E-state index contributed by atoms with van der Waals surface area (Å²) in [7, 11) is 0. The first-order valence-electron chi connectivity index (χ1n) is 8.57. The number of phenolic OH excluding ortho intramolecular Hbond substituents is 2. The SMILES string of the molecule is Oc1cc(N2CCC[N+]3=C2CCCCC3)c(O)c2ccccc12. The molecule has 0 fully saturated rings. The van der Waals surface area contributed by atoms with Gasteiger partial charge in [0.2, 0.25) is 0 Å². The predicted octanol–water partition coefficient (Wildman–Crippen LogP) is 3.45. The van der Waals surface area contributed by atoms with E-state index >= 15 is 0 Å². The highest BCUT2D eigenvalue weighted by Crippen LogP contribution is 2.41. The Bertz CT molecular complexity index is 782.